The fraction of sp³-hybridized carbons (Fsp3) is 0.720. The van der Waals surface area contributed by atoms with Crippen LogP contribution in [0.4, 0.5) is 5.69 Å². The van der Waals surface area contributed by atoms with Crippen molar-refractivity contribution in [3.63, 3.8) is 0 Å². The molecule has 3 rings (SSSR count). The number of carbonyl (C=O) groups is 1. The lowest BCUT2D eigenvalue weighted by Gasteiger charge is -2.21. The van der Waals surface area contributed by atoms with Gasteiger partial charge in [-0.25, -0.2) is 0 Å². The smallest absolute Gasteiger partial charge is 0.224 e. The van der Waals surface area contributed by atoms with Crippen molar-refractivity contribution >= 4 is 11.6 Å². The highest BCUT2D eigenvalue weighted by atomic mass is 16.1. The van der Waals surface area contributed by atoms with Gasteiger partial charge >= 0.3 is 0 Å². The molecule has 0 bridgehead atoms. The molecule has 0 radical (unpaired) electrons. The second-order valence-electron chi connectivity index (χ2n) is 9.02. The Bertz CT molecular complexity index is 583. The topological polar surface area (TPSA) is 41.1 Å². The first-order chi connectivity index (χ1) is 13.8. The molecule has 1 amide bonds. The van der Waals surface area contributed by atoms with Crippen molar-refractivity contribution < 1.29 is 4.79 Å². The third-order valence-corrected chi connectivity index (χ3v) is 6.67. The molecule has 3 unspecified atom stereocenters. The Kier molecular flexibility index (Phi) is 8.85. The predicted octanol–water partition coefficient (Wildman–Crippen LogP) is 6.09. The SMILES string of the molecule is CCCCCCCCCCc1ccc(NC(=O)CCC2CCNC3CC23)cc1. The third-order valence-electron chi connectivity index (χ3n) is 6.67. The molecule has 1 aromatic carbocycles. The van der Waals surface area contributed by atoms with Gasteiger partial charge in [0.05, 0.1) is 0 Å². The van der Waals surface area contributed by atoms with Crippen molar-refractivity contribution in [3.05, 3.63) is 29.8 Å². The van der Waals surface area contributed by atoms with E-state index in [1.165, 1.54) is 69.8 Å². The molecular formula is C25H40N2O. The number of hydrogen-bond donors (Lipinski definition) is 2. The van der Waals surface area contributed by atoms with E-state index in [-0.39, 0.29) is 5.91 Å². The summed E-state index contributed by atoms with van der Waals surface area (Å²) in [5.41, 5.74) is 2.33. The monoisotopic (exact) mass is 384 g/mol. The van der Waals surface area contributed by atoms with Crippen LogP contribution < -0.4 is 10.6 Å². The number of rotatable bonds is 13. The van der Waals surface area contributed by atoms with Gasteiger partial charge in [-0.2, -0.15) is 0 Å². The summed E-state index contributed by atoms with van der Waals surface area (Å²) in [6.07, 6.45) is 16.3. The van der Waals surface area contributed by atoms with Crippen LogP contribution in [0.25, 0.3) is 0 Å². The molecule has 1 heterocycles. The van der Waals surface area contributed by atoms with Crippen LogP contribution in [-0.4, -0.2) is 18.5 Å². The molecule has 2 aliphatic rings. The predicted molar refractivity (Wildman–Crippen MR) is 119 cm³/mol. The summed E-state index contributed by atoms with van der Waals surface area (Å²) in [6, 6.07) is 9.26. The van der Waals surface area contributed by atoms with Crippen LogP contribution in [-0.2, 0) is 11.2 Å². The third kappa shape index (κ3) is 7.24. The van der Waals surface area contributed by atoms with Gasteiger partial charge in [0.25, 0.3) is 0 Å². The lowest BCUT2D eigenvalue weighted by molar-refractivity contribution is -0.116. The molecule has 2 N–H and O–H groups in total. The maximum atomic E-state index is 12.3. The Morgan fingerprint density at radius 3 is 2.50 bits per heavy atom. The number of aryl methyl sites for hydroxylation is 1. The van der Waals surface area contributed by atoms with Crippen molar-refractivity contribution in [2.45, 2.75) is 96.4 Å². The first-order valence-electron chi connectivity index (χ1n) is 11.9. The van der Waals surface area contributed by atoms with E-state index in [0.717, 1.165) is 43.0 Å². The van der Waals surface area contributed by atoms with Crippen molar-refractivity contribution in [1.82, 2.24) is 5.32 Å². The van der Waals surface area contributed by atoms with E-state index in [1.807, 2.05) is 0 Å². The Morgan fingerprint density at radius 2 is 1.75 bits per heavy atom. The molecular weight excluding hydrogens is 344 g/mol. The fourth-order valence-corrected chi connectivity index (χ4v) is 4.75. The molecule has 1 aliphatic carbocycles. The minimum Gasteiger partial charge on any atom is -0.326 e. The van der Waals surface area contributed by atoms with Crippen LogP contribution in [0, 0.1) is 11.8 Å². The van der Waals surface area contributed by atoms with Crippen molar-refractivity contribution in [2.24, 2.45) is 11.8 Å². The molecule has 156 valence electrons. The van der Waals surface area contributed by atoms with E-state index < -0.39 is 0 Å². The van der Waals surface area contributed by atoms with Gasteiger partial charge in [-0.3, -0.25) is 4.79 Å². The van der Waals surface area contributed by atoms with Gasteiger partial charge in [0.2, 0.25) is 5.91 Å². The van der Waals surface area contributed by atoms with Crippen LogP contribution in [0.2, 0.25) is 0 Å². The van der Waals surface area contributed by atoms with E-state index in [4.69, 9.17) is 0 Å². The van der Waals surface area contributed by atoms with Crippen molar-refractivity contribution in [2.75, 3.05) is 11.9 Å². The number of benzene rings is 1. The molecule has 1 aromatic rings. The van der Waals surface area contributed by atoms with E-state index in [1.54, 1.807) is 0 Å². The summed E-state index contributed by atoms with van der Waals surface area (Å²) in [5, 5.41) is 6.63. The highest BCUT2D eigenvalue weighted by Crippen LogP contribution is 2.43. The maximum absolute atomic E-state index is 12.3. The lowest BCUT2D eigenvalue weighted by atomic mass is 9.91. The van der Waals surface area contributed by atoms with Crippen molar-refractivity contribution in [1.29, 1.82) is 0 Å². The van der Waals surface area contributed by atoms with Gasteiger partial charge < -0.3 is 10.6 Å². The van der Waals surface area contributed by atoms with Crippen molar-refractivity contribution in [3.8, 4) is 0 Å². The summed E-state index contributed by atoms with van der Waals surface area (Å²) in [4.78, 5) is 12.3. The average molecular weight is 385 g/mol. The number of anilines is 1. The molecule has 0 aromatic heterocycles. The molecule has 3 nitrogen and oxygen atoms in total. The number of unbranched alkanes of at least 4 members (excludes halogenated alkanes) is 7. The number of carbonyl (C=O) groups excluding carboxylic acids is 1. The van der Waals surface area contributed by atoms with Gasteiger partial charge in [-0.15, -0.1) is 0 Å². The molecule has 0 spiro atoms. The van der Waals surface area contributed by atoms with E-state index >= 15 is 0 Å². The first kappa shape index (κ1) is 21.4. The van der Waals surface area contributed by atoms with Crippen LogP contribution in [0.5, 0.6) is 0 Å². The lowest BCUT2D eigenvalue weighted by Crippen LogP contribution is -2.30. The molecule has 1 aliphatic heterocycles. The summed E-state index contributed by atoms with van der Waals surface area (Å²) in [5.74, 6) is 1.77. The summed E-state index contributed by atoms with van der Waals surface area (Å²) in [7, 11) is 0. The second kappa shape index (κ2) is 11.6. The van der Waals surface area contributed by atoms with Gasteiger partial charge in [0.15, 0.2) is 0 Å². The first-order valence-corrected chi connectivity index (χ1v) is 11.9. The molecule has 2 fully saturated rings. The molecule has 1 saturated carbocycles. The number of hydrogen-bond acceptors (Lipinski definition) is 2. The number of amides is 1. The van der Waals surface area contributed by atoms with Gasteiger partial charge in [-0.1, -0.05) is 64.0 Å². The van der Waals surface area contributed by atoms with Gasteiger partial charge in [0.1, 0.15) is 0 Å². The minimum atomic E-state index is 0.173. The summed E-state index contributed by atoms with van der Waals surface area (Å²) < 4.78 is 0. The Hall–Kier alpha value is -1.35. The summed E-state index contributed by atoms with van der Waals surface area (Å²) >= 11 is 0. The number of piperidine rings is 1. The van der Waals surface area contributed by atoms with Crippen LogP contribution in [0.1, 0.15) is 89.5 Å². The number of fused-ring (bicyclic) bond motifs is 1. The highest BCUT2D eigenvalue weighted by molar-refractivity contribution is 5.90. The van der Waals surface area contributed by atoms with Gasteiger partial charge in [-0.05, 0) is 68.2 Å². The second-order valence-corrected chi connectivity index (χ2v) is 9.02. The maximum Gasteiger partial charge on any atom is 0.224 e. The standard InChI is InChI=1S/C25H40N2O/c1-2-3-4-5-6-7-8-9-10-20-11-14-22(15-12-20)27-25(28)16-13-21-17-18-26-24-19-23(21)24/h11-12,14-15,21,23-24,26H,2-10,13,16-19H2,1H3,(H,27,28). The van der Waals surface area contributed by atoms with E-state index in [2.05, 4.69) is 41.8 Å². The molecule has 3 heteroatoms. The molecule has 28 heavy (non-hydrogen) atoms. The normalized spacial score (nSPS) is 23.2. The highest BCUT2D eigenvalue weighted by Gasteiger charge is 2.44. The van der Waals surface area contributed by atoms with Crippen LogP contribution >= 0.6 is 0 Å². The van der Waals surface area contributed by atoms with Crippen LogP contribution in [0.15, 0.2) is 24.3 Å². The Labute approximate surface area is 172 Å². The largest absolute Gasteiger partial charge is 0.326 e. The fourth-order valence-electron chi connectivity index (χ4n) is 4.75. The quantitative estimate of drug-likeness (QED) is 0.404. The Morgan fingerprint density at radius 1 is 1.04 bits per heavy atom. The van der Waals surface area contributed by atoms with E-state index in [0.29, 0.717) is 6.42 Å². The zero-order valence-electron chi connectivity index (χ0n) is 17.8. The minimum absolute atomic E-state index is 0.173. The van der Waals surface area contributed by atoms with Gasteiger partial charge in [0, 0.05) is 18.2 Å². The zero-order valence-corrected chi connectivity index (χ0v) is 17.8. The van der Waals surface area contributed by atoms with E-state index in [9.17, 15) is 4.79 Å². The summed E-state index contributed by atoms with van der Waals surface area (Å²) in [6.45, 7) is 3.40. The zero-order chi connectivity index (χ0) is 19.6. The average Bonchev–Trinajstić information content (AvgIpc) is 3.50. The Balaban J connectivity index is 1.26. The molecule has 3 atom stereocenters. The molecule has 1 saturated heterocycles. The number of nitrogens with one attached hydrogen (secondary N) is 2. The van der Waals surface area contributed by atoms with Crippen LogP contribution in [0.3, 0.4) is 0 Å².